The fourth-order valence-electron chi connectivity index (χ4n) is 4.81. The third kappa shape index (κ3) is 5.40. The first kappa shape index (κ1) is 25.1. The number of aliphatic carboxylic acids is 1. The lowest BCUT2D eigenvalue weighted by atomic mass is 9.90. The highest BCUT2D eigenvalue weighted by Gasteiger charge is 2.25. The monoisotopic (exact) mass is 502 g/mol. The van der Waals surface area contributed by atoms with E-state index in [1.807, 2.05) is 54.6 Å². The van der Waals surface area contributed by atoms with Crippen molar-refractivity contribution in [3.63, 3.8) is 0 Å². The quantitative estimate of drug-likeness (QED) is 0.207. The Morgan fingerprint density at radius 3 is 2.05 bits per heavy atom. The number of hydrogen-bond donors (Lipinski definition) is 1. The van der Waals surface area contributed by atoms with Crippen LogP contribution in [0.15, 0.2) is 114 Å². The molecule has 0 saturated heterocycles. The molecule has 0 atom stereocenters. The maximum Gasteiger partial charge on any atom is 0.341 e. The zero-order chi connectivity index (χ0) is 26.3. The molecule has 0 aliphatic heterocycles. The van der Waals surface area contributed by atoms with Crippen LogP contribution < -0.4 is 4.74 Å². The molecule has 0 spiro atoms. The van der Waals surface area contributed by atoms with Crippen LogP contribution in [-0.2, 0) is 11.2 Å². The summed E-state index contributed by atoms with van der Waals surface area (Å²) in [6, 6.07) is 36.5. The van der Waals surface area contributed by atoms with E-state index < -0.39 is 5.97 Å². The molecule has 1 N–H and O–H groups in total. The molecule has 0 bridgehead atoms. The van der Waals surface area contributed by atoms with Crippen LogP contribution in [0.1, 0.15) is 25.3 Å². The van der Waals surface area contributed by atoms with Gasteiger partial charge in [-0.05, 0) is 41.7 Å². The van der Waals surface area contributed by atoms with E-state index in [9.17, 15) is 4.79 Å². The Kier molecular flexibility index (Phi) is 7.70. The summed E-state index contributed by atoms with van der Waals surface area (Å²) in [7, 11) is 0. The number of unbranched alkanes of at least 4 members (excludes halogenated alkanes) is 1. The normalized spacial score (nSPS) is 10.9. The van der Waals surface area contributed by atoms with Crippen molar-refractivity contribution >= 4 is 5.97 Å². The second-order valence-corrected chi connectivity index (χ2v) is 9.21. The lowest BCUT2D eigenvalue weighted by Gasteiger charge is -2.12. The van der Waals surface area contributed by atoms with Crippen molar-refractivity contribution in [3.8, 4) is 50.7 Å². The topological polar surface area (TPSA) is 59.7 Å². The van der Waals surface area contributed by atoms with Crippen molar-refractivity contribution in [2.24, 2.45) is 0 Å². The first-order chi connectivity index (χ1) is 18.7. The van der Waals surface area contributed by atoms with Crippen molar-refractivity contribution in [3.05, 3.63) is 115 Å². The molecule has 38 heavy (non-hydrogen) atoms. The molecule has 0 aliphatic carbocycles. The number of carboxylic acid groups (broad SMARTS) is 1. The van der Waals surface area contributed by atoms with Gasteiger partial charge in [0.25, 0.3) is 0 Å². The van der Waals surface area contributed by atoms with Gasteiger partial charge in [-0.1, -0.05) is 110 Å². The number of hydrogen-bond acceptors (Lipinski definition) is 3. The number of carbonyl (C=O) groups is 1. The summed E-state index contributed by atoms with van der Waals surface area (Å²) in [5.41, 5.74) is 7.43. The summed E-state index contributed by atoms with van der Waals surface area (Å²) in [5, 5.41) is 9.03. The van der Waals surface area contributed by atoms with Gasteiger partial charge in [0.2, 0.25) is 0 Å². The number of furan rings is 1. The minimum absolute atomic E-state index is 0.384. The average Bonchev–Trinajstić information content (AvgIpc) is 3.35. The van der Waals surface area contributed by atoms with Crippen molar-refractivity contribution in [2.75, 3.05) is 6.61 Å². The van der Waals surface area contributed by atoms with Crippen LogP contribution >= 0.6 is 0 Å². The second kappa shape index (κ2) is 11.7. The Bertz CT molecular complexity index is 1520. The zero-order valence-corrected chi connectivity index (χ0v) is 21.4. The predicted molar refractivity (Wildman–Crippen MR) is 152 cm³/mol. The van der Waals surface area contributed by atoms with Crippen molar-refractivity contribution < 1.29 is 19.1 Å². The van der Waals surface area contributed by atoms with Gasteiger partial charge in [-0.15, -0.1) is 0 Å². The van der Waals surface area contributed by atoms with Gasteiger partial charge in [0.1, 0.15) is 17.3 Å². The number of ether oxygens (including phenoxy) is 1. The summed E-state index contributed by atoms with van der Waals surface area (Å²) in [4.78, 5) is 11.0. The lowest BCUT2D eigenvalue weighted by molar-refractivity contribution is -0.139. The van der Waals surface area contributed by atoms with Gasteiger partial charge in [0.15, 0.2) is 6.61 Å². The standard InChI is InChI=1S/C34H30O4/c1-2-3-19-30-32(24-13-6-4-7-14-24)33(25-15-8-5-9-16-25)38-34(30)29-21-11-10-20-28(29)26-17-12-18-27(22-26)37-23-31(35)36/h4-18,20-22H,2-3,19,23H2,1H3,(H,35,36). The average molecular weight is 503 g/mol. The van der Waals surface area contributed by atoms with Gasteiger partial charge in [-0.2, -0.15) is 0 Å². The molecule has 5 aromatic rings. The molecule has 5 rings (SSSR count). The Hall–Kier alpha value is -4.57. The minimum atomic E-state index is -1.01. The van der Waals surface area contributed by atoms with E-state index in [0.717, 1.165) is 64.2 Å². The Labute approximate surface area is 223 Å². The van der Waals surface area contributed by atoms with Crippen molar-refractivity contribution in [1.82, 2.24) is 0 Å². The number of carboxylic acids is 1. The molecule has 0 fully saturated rings. The van der Waals surface area contributed by atoms with Crippen LogP contribution in [0, 0.1) is 0 Å². The predicted octanol–water partition coefficient (Wildman–Crippen LogP) is 8.75. The lowest BCUT2D eigenvalue weighted by Crippen LogP contribution is -2.09. The fourth-order valence-corrected chi connectivity index (χ4v) is 4.81. The van der Waals surface area contributed by atoms with Gasteiger partial charge in [0, 0.05) is 22.3 Å². The first-order valence-electron chi connectivity index (χ1n) is 13.0. The van der Waals surface area contributed by atoms with Crippen molar-refractivity contribution in [2.45, 2.75) is 26.2 Å². The van der Waals surface area contributed by atoms with Crippen LogP contribution in [-0.4, -0.2) is 17.7 Å². The molecule has 4 aromatic carbocycles. The molecule has 0 unspecified atom stereocenters. The highest BCUT2D eigenvalue weighted by atomic mass is 16.5. The van der Waals surface area contributed by atoms with Crippen molar-refractivity contribution in [1.29, 1.82) is 0 Å². The summed E-state index contributed by atoms with van der Waals surface area (Å²) >= 11 is 0. The number of rotatable bonds is 10. The Morgan fingerprint density at radius 2 is 1.37 bits per heavy atom. The second-order valence-electron chi connectivity index (χ2n) is 9.21. The molecule has 1 aromatic heterocycles. The SMILES string of the molecule is CCCCc1c(-c2ccccc2-c2cccc(OCC(=O)O)c2)oc(-c2ccccc2)c1-c1ccccc1. The maximum absolute atomic E-state index is 11.0. The third-order valence-electron chi connectivity index (χ3n) is 6.56. The van der Waals surface area contributed by atoms with Gasteiger partial charge in [-0.3, -0.25) is 0 Å². The molecule has 4 nitrogen and oxygen atoms in total. The molecule has 1 heterocycles. The molecule has 190 valence electrons. The van der Waals surface area contributed by atoms with E-state index in [0.29, 0.717) is 5.75 Å². The molecule has 0 amide bonds. The van der Waals surface area contributed by atoms with Crippen LogP contribution in [0.5, 0.6) is 5.75 Å². The zero-order valence-electron chi connectivity index (χ0n) is 21.4. The fraction of sp³-hybridized carbons (Fsp3) is 0.147. The van der Waals surface area contributed by atoms with Crippen LogP contribution in [0.25, 0.3) is 44.9 Å². The van der Waals surface area contributed by atoms with E-state index in [2.05, 4.69) is 55.5 Å². The third-order valence-corrected chi connectivity index (χ3v) is 6.56. The molecular formula is C34H30O4. The molecule has 0 saturated carbocycles. The summed E-state index contributed by atoms with van der Waals surface area (Å²) in [6.07, 6.45) is 3.01. The largest absolute Gasteiger partial charge is 0.482 e. The summed E-state index contributed by atoms with van der Waals surface area (Å²) in [5.74, 6) is 1.24. The van der Waals surface area contributed by atoms with E-state index >= 15 is 0 Å². The highest BCUT2D eigenvalue weighted by Crippen LogP contribution is 2.46. The minimum Gasteiger partial charge on any atom is -0.482 e. The van der Waals surface area contributed by atoms with Crippen LogP contribution in [0.3, 0.4) is 0 Å². The van der Waals surface area contributed by atoms with Gasteiger partial charge in [0.05, 0.1) is 0 Å². The van der Waals surface area contributed by atoms with Crippen LogP contribution in [0.4, 0.5) is 0 Å². The molecule has 4 heteroatoms. The molecule has 0 aliphatic rings. The summed E-state index contributed by atoms with van der Waals surface area (Å²) in [6.45, 7) is 1.82. The van der Waals surface area contributed by atoms with E-state index in [4.69, 9.17) is 14.3 Å². The van der Waals surface area contributed by atoms with E-state index in [-0.39, 0.29) is 6.61 Å². The van der Waals surface area contributed by atoms with Gasteiger partial charge >= 0.3 is 5.97 Å². The maximum atomic E-state index is 11.0. The van der Waals surface area contributed by atoms with E-state index in [1.54, 1.807) is 6.07 Å². The highest BCUT2D eigenvalue weighted by molar-refractivity contribution is 5.91. The van der Waals surface area contributed by atoms with Gasteiger partial charge in [-0.25, -0.2) is 4.79 Å². The molecular weight excluding hydrogens is 472 g/mol. The summed E-state index contributed by atoms with van der Waals surface area (Å²) < 4.78 is 12.3. The number of benzene rings is 4. The van der Waals surface area contributed by atoms with Crippen LogP contribution in [0.2, 0.25) is 0 Å². The van der Waals surface area contributed by atoms with Gasteiger partial charge < -0.3 is 14.3 Å². The Balaban J connectivity index is 1.72. The Morgan fingerprint density at radius 1 is 0.737 bits per heavy atom. The smallest absolute Gasteiger partial charge is 0.341 e. The van der Waals surface area contributed by atoms with E-state index in [1.165, 1.54) is 5.56 Å². The molecule has 0 radical (unpaired) electrons. The first-order valence-corrected chi connectivity index (χ1v) is 13.0.